The summed E-state index contributed by atoms with van der Waals surface area (Å²) in [6.45, 7) is 6.02. The minimum absolute atomic E-state index is 0.0367. The highest BCUT2D eigenvalue weighted by Crippen LogP contribution is 2.32. The highest BCUT2D eigenvalue weighted by atomic mass is 35.5. The van der Waals surface area contributed by atoms with Gasteiger partial charge >= 0.3 is 0 Å². The topological polar surface area (TPSA) is 61.9 Å². The summed E-state index contributed by atoms with van der Waals surface area (Å²) in [6, 6.07) is 5.20. The number of hydrogen-bond acceptors (Lipinski definition) is 4. The molecule has 2 amide bonds. The number of anilines is 1. The molecule has 1 saturated heterocycles. The number of nitrogens with one attached hydrogen (secondary N) is 1. The van der Waals surface area contributed by atoms with Crippen LogP contribution < -0.4 is 15.0 Å². The number of methoxy groups -OCH3 is 1. The maximum Gasteiger partial charge on any atom is 0.227 e. The first kappa shape index (κ1) is 20.5. The third kappa shape index (κ3) is 5.11. The molecule has 0 radical (unpaired) electrons. The molecule has 1 aliphatic rings. The highest BCUT2D eigenvalue weighted by molar-refractivity contribution is 6.32. The van der Waals surface area contributed by atoms with Gasteiger partial charge in [0.25, 0.3) is 0 Å². The summed E-state index contributed by atoms with van der Waals surface area (Å²) in [5.41, 5.74) is 0.648. The molecule has 7 heteroatoms. The molecular weight excluding hydrogens is 354 g/mol. The van der Waals surface area contributed by atoms with E-state index in [1.165, 1.54) is 0 Å². The van der Waals surface area contributed by atoms with E-state index in [9.17, 15) is 9.59 Å². The van der Waals surface area contributed by atoms with E-state index in [1.807, 2.05) is 14.1 Å². The number of rotatable bonds is 7. The van der Waals surface area contributed by atoms with Gasteiger partial charge in [0, 0.05) is 31.7 Å². The quantitative estimate of drug-likeness (QED) is 0.787. The zero-order chi connectivity index (χ0) is 19.5. The third-order valence-electron chi connectivity index (χ3n) is 4.43. The molecule has 1 aromatic carbocycles. The summed E-state index contributed by atoms with van der Waals surface area (Å²) in [5, 5.41) is 3.44. The Kier molecular flexibility index (Phi) is 6.53. The predicted octanol–water partition coefficient (Wildman–Crippen LogP) is 2.41. The molecule has 1 atom stereocenters. The molecular formula is C19H28ClN3O3. The number of ether oxygens (including phenoxy) is 1. The van der Waals surface area contributed by atoms with E-state index < -0.39 is 0 Å². The molecule has 1 N–H and O–H groups in total. The van der Waals surface area contributed by atoms with Gasteiger partial charge in [0.05, 0.1) is 18.1 Å². The average molecular weight is 382 g/mol. The Morgan fingerprint density at radius 3 is 2.69 bits per heavy atom. The van der Waals surface area contributed by atoms with Crippen molar-refractivity contribution in [3.63, 3.8) is 0 Å². The lowest BCUT2D eigenvalue weighted by Crippen LogP contribution is -2.42. The van der Waals surface area contributed by atoms with E-state index in [0.29, 0.717) is 29.5 Å². The van der Waals surface area contributed by atoms with Crippen LogP contribution in [0.1, 0.15) is 20.3 Å². The molecule has 0 spiro atoms. The monoisotopic (exact) mass is 381 g/mol. The van der Waals surface area contributed by atoms with Crippen LogP contribution in [0.2, 0.25) is 5.02 Å². The van der Waals surface area contributed by atoms with Crippen LogP contribution in [0.3, 0.4) is 0 Å². The average Bonchev–Trinajstić information content (AvgIpc) is 2.93. The summed E-state index contributed by atoms with van der Waals surface area (Å²) in [6.07, 6.45) is 0.212. The van der Waals surface area contributed by atoms with E-state index in [0.717, 1.165) is 6.54 Å². The molecule has 0 unspecified atom stereocenters. The van der Waals surface area contributed by atoms with Crippen LogP contribution in [0.15, 0.2) is 18.2 Å². The standard InChI is InChI=1S/C19H28ClN3O3/c1-19(2,12-22(3)4)11-21-18(25)13-8-17(24)23(10-13)14-6-7-16(26-5)15(20)9-14/h6-7,9,13H,8,10-12H2,1-5H3,(H,21,25)/t13-/m0/s1. The number of carbonyl (C=O) groups is 2. The molecule has 1 aliphatic heterocycles. The maximum atomic E-state index is 12.5. The Balaban J connectivity index is 1.98. The first-order valence-electron chi connectivity index (χ1n) is 8.69. The van der Waals surface area contributed by atoms with Gasteiger partial charge in [0.1, 0.15) is 5.75 Å². The number of halogens is 1. The zero-order valence-corrected chi connectivity index (χ0v) is 16.9. The highest BCUT2D eigenvalue weighted by Gasteiger charge is 2.35. The smallest absolute Gasteiger partial charge is 0.227 e. The van der Waals surface area contributed by atoms with Crippen LogP contribution in [-0.4, -0.2) is 57.6 Å². The second kappa shape index (κ2) is 8.27. The molecule has 26 heavy (non-hydrogen) atoms. The molecule has 144 valence electrons. The van der Waals surface area contributed by atoms with Gasteiger partial charge in [0.2, 0.25) is 11.8 Å². The first-order valence-corrected chi connectivity index (χ1v) is 9.07. The lowest BCUT2D eigenvalue weighted by molar-refractivity contribution is -0.126. The number of nitrogens with zero attached hydrogens (tertiary/aromatic N) is 2. The van der Waals surface area contributed by atoms with Crippen molar-refractivity contribution in [2.75, 3.05) is 45.7 Å². The minimum Gasteiger partial charge on any atom is -0.495 e. The van der Waals surface area contributed by atoms with Gasteiger partial charge in [-0.25, -0.2) is 0 Å². The second-order valence-corrected chi connectivity index (χ2v) is 8.25. The Bertz CT molecular complexity index is 676. The Hall–Kier alpha value is -1.79. The fourth-order valence-corrected chi connectivity index (χ4v) is 3.59. The van der Waals surface area contributed by atoms with Crippen molar-refractivity contribution in [2.45, 2.75) is 20.3 Å². The van der Waals surface area contributed by atoms with Crippen molar-refractivity contribution in [1.82, 2.24) is 10.2 Å². The van der Waals surface area contributed by atoms with E-state index in [1.54, 1.807) is 30.2 Å². The lowest BCUT2D eigenvalue weighted by atomic mass is 9.92. The lowest BCUT2D eigenvalue weighted by Gasteiger charge is -2.29. The van der Waals surface area contributed by atoms with Crippen molar-refractivity contribution in [2.24, 2.45) is 11.3 Å². The largest absolute Gasteiger partial charge is 0.495 e. The van der Waals surface area contributed by atoms with Crippen LogP contribution in [0.4, 0.5) is 5.69 Å². The van der Waals surface area contributed by atoms with E-state index in [2.05, 4.69) is 24.1 Å². The summed E-state index contributed by atoms with van der Waals surface area (Å²) in [4.78, 5) is 28.6. The van der Waals surface area contributed by atoms with Gasteiger partial charge in [0.15, 0.2) is 0 Å². The van der Waals surface area contributed by atoms with Crippen LogP contribution in [0, 0.1) is 11.3 Å². The number of amides is 2. The maximum absolute atomic E-state index is 12.5. The van der Waals surface area contributed by atoms with Crippen LogP contribution in [-0.2, 0) is 9.59 Å². The van der Waals surface area contributed by atoms with E-state index in [-0.39, 0.29) is 29.6 Å². The van der Waals surface area contributed by atoms with Crippen molar-refractivity contribution >= 4 is 29.1 Å². The molecule has 0 bridgehead atoms. The summed E-state index contributed by atoms with van der Waals surface area (Å²) >= 11 is 6.15. The minimum atomic E-state index is -0.349. The Morgan fingerprint density at radius 2 is 2.12 bits per heavy atom. The fourth-order valence-electron chi connectivity index (χ4n) is 3.34. The van der Waals surface area contributed by atoms with Crippen LogP contribution in [0.25, 0.3) is 0 Å². The third-order valence-corrected chi connectivity index (χ3v) is 4.72. The second-order valence-electron chi connectivity index (χ2n) is 7.84. The fraction of sp³-hybridized carbons (Fsp3) is 0.579. The van der Waals surface area contributed by atoms with E-state index in [4.69, 9.17) is 16.3 Å². The van der Waals surface area contributed by atoms with Crippen molar-refractivity contribution in [3.05, 3.63) is 23.2 Å². The van der Waals surface area contributed by atoms with Gasteiger partial charge in [-0.3, -0.25) is 9.59 Å². The molecule has 1 heterocycles. The normalized spacial score (nSPS) is 17.7. The van der Waals surface area contributed by atoms with Gasteiger partial charge < -0.3 is 19.9 Å². The molecule has 0 saturated carbocycles. The number of hydrogen-bond donors (Lipinski definition) is 1. The molecule has 1 aromatic rings. The number of benzene rings is 1. The zero-order valence-electron chi connectivity index (χ0n) is 16.1. The van der Waals surface area contributed by atoms with Crippen molar-refractivity contribution in [1.29, 1.82) is 0 Å². The summed E-state index contributed by atoms with van der Waals surface area (Å²) in [7, 11) is 5.56. The summed E-state index contributed by atoms with van der Waals surface area (Å²) in [5.74, 6) is 0.0595. The van der Waals surface area contributed by atoms with E-state index >= 15 is 0 Å². The molecule has 0 aliphatic carbocycles. The molecule has 1 fully saturated rings. The van der Waals surface area contributed by atoms with Gasteiger partial charge in [-0.1, -0.05) is 25.4 Å². The Labute approximate surface area is 160 Å². The molecule has 2 rings (SSSR count). The van der Waals surface area contributed by atoms with Crippen LogP contribution in [0.5, 0.6) is 5.75 Å². The number of carbonyl (C=O) groups excluding carboxylic acids is 2. The summed E-state index contributed by atoms with van der Waals surface area (Å²) < 4.78 is 5.14. The van der Waals surface area contributed by atoms with Gasteiger partial charge in [-0.05, 0) is 37.7 Å². The first-order chi connectivity index (χ1) is 12.1. The predicted molar refractivity (Wildman–Crippen MR) is 104 cm³/mol. The van der Waals surface area contributed by atoms with Gasteiger partial charge in [-0.15, -0.1) is 0 Å². The molecule has 6 nitrogen and oxygen atoms in total. The van der Waals surface area contributed by atoms with Crippen molar-refractivity contribution < 1.29 is 14.3 Å². The van der Waals surface area contributed by atoms with Crippen molar-refractivity contribution in [3.8, 4) is 5.75 Å². The SMILES string of the molecule is COc1ccc(N2C[C@@H](C(=O)NCC(C)(C)CN(C)C)CC2=O)cc1Cl. The van der Waals surface area contributed by atoms with Gasteiger partial charge in [-0.2, -0.15) is 0 Å². The Morgan fingerprint density at radius 1 is 1.42 bits per heavy atom. The van der Waals surface area contributed by atoms with Crippen LogP contribution >= 0.6 is 11.6 Å². The molecule has 0 aromatic heterocycles.